The van der Waals surface area contributed by atoms with E-state index < -0.39 is 11.5 Å². The van der Waals surface area contributed by atoms with Crippen LogP contribution < -0.4 is 15.4 Å². The number of fused-ring (bicyclic) bond motifs is 2. The van der Waals surface area contributed by atoms with E-state index in [1.165, 1.54) is 17.8 Å². The highest BCUT2D eigenvalue weighted by Crippen LogP contribution is 2.62. The number of ether oxygens (including phenoxy) is 1. The maximum Gasteiger partial charge on any atom is 0.229 e. The van der Waals surface area contributed by atoms with Crippen LogP contribution in [-0.4, -0.2) is 46.8 Å². The fourth-order valence-electron chi connectivity index (χ4n) is 7.47. The Bertz CT molecular complexity index is 1210. The van der Waals surface area contributed by atoms with Gasteiger partial charge in [-0.05, 0) is 61.1 Å². The van der Waals surface area contributed by atoms with Crippen molar-refractivity contribution >= 4 is 28.3 Å². The first kappa shape index (κ1) is 29.0. The lowest BCUT2D eigenvalue weighted by Crippen LogP contribution is -2.57. The van der Waals surface area contributed by atoms with Gasteiger partial charge in [0.05, 0.1) is 25.5 Å². The van der Waals surface area contributed by atoms with Crippen LogP contribution in [0, 0.1) is 22.7 Å². The number of hydrogen-bond donors (Lipinski definition) is 4. The van der Waals surface area contributed by atoms with Crippen molar-refractivity contribution in [3.63, 3.8) is 0 Å². The molecule has 0 bridgehead atoms. The minimum Gasteiger partial charge on any atom is -0.497 e. The van der Waals surface area contributed by atoms with Gasteiger partial charge in [0.2, 0.25) is 11.8 Å². The highest BCUT2D eigenvalue weighted by atomic mass is 32.1. The lowest BCUT2D eigenvalue weighted by Gasteiger charge is -2.58. The summed E-state index contributed by atoms with van der Waals surface area (Å²) in [5, 5.41) is 28.3. The first-order chi connectivity index (χ1) is 19.2. The number of rotatable bonds is 8. The SMILES string of the molecule is COc1ccc(CNC(=O)CC2c3nc(NC(=O)C4CCCCC4)sc3CC3C(C)(CO)C(O)CCC23C)cc1. The summed E-state index contributed by atoms with van der Waals surface area (Å²) >= 11 is 1.49. The Balaban J connectivity index is 1.40. The molecule has 2 saturated carbocycles. The third-order valence-electron chi connectivity index (χ3n) is 10.1. The molecule has 40 heavy (non-hydrogen) atoms. The molecule has 1 heterocycles. The monoisotopic (exact) mass is 569 g/mol. The number of nitrogens with zero attached hydrogens (tertiary/aromatic N) is 1. The van der Waals surface area contributed by atoms with Crippen LogP contribution in [0.25, 0.3) is 0 Å². The topological polar surface area (TPSA) is 121 Å². The number of aliphatic hydroxyl groups excluding tert-OH is 2. The van der Waals surface area contributed by atoms with Gasteiger partial charge in [-0.25, -0.2) is 4.98 Å². The van der Waals surface area contributed by atoms with Gasteiger partial charge in [-0.15, -0.1) is 11.3 Å². The first-order valence-electron chi connectivity index (χ1n) is 14.7. The Morgan fingerprint density at radius 2 is 1.85 bits per heavy atom. The molecule has 3 aliphatic carbocycles. The van der Waals surface area contributed by atoms with Gasteiger partial charge >= 0.3 is 0 Å². The molecule has 2 aromatic rings. The fraction of sp³-hybridized carbons (Fsp3) is 0.645. The van der Waals surface area contributed by atoms with E-state index >= 15 is 0 Å². The van der Waals surface area contributed by atoms with Crippen LogP contribution in [0.5, 0.6) is 5.75 Å². The van der Waals surface area contributed by atoms with E-state index in [-0.39, 0.29) is 48.0 Å². The van der Waals surface area contributed by atoms with Crippen molar-refractivity contribution in [1.82, 2.24) is 10.3 Å². The number of hydrogen-bond acceptors (Lipinski definition) is 7. The summed E-state index contributed by atoms with van der Waals surface area (Å²) in [5.74, 6) is 0.562. The van der Waals surface area contributed by atoms with Crippen LogP contribution in [0.2, 0.25) is 0 Å². The summed E-state index contributed by atoms with van der Waals surface area (Å²) in [6.07, 6.45) is 6.82. The highest BCUT2D eigenvalue weighted by molar-refractivity contribution is 7.15. The van der Waals surface area contributed by atoms with E-state index in [9.17, 15) is 19.8 Å². The number of methoxy groups -OCH3 is 1. The third-order valence-corrected chi connectivity index (χ3v) is 11.1. The van der Waals surface area contributed by atoms with Gasteiger partial charge in [0.25, 0.3) is 0 Å². The number of nitrogens with one attached hydrogen (secondary N) is 2. The van der Waals surface area contributed by atoms with Crippen molar-refractivity contribution in [2.75, 3.05) is 19.0 Å². The molecule has 5 rings (SSSR count). The van der Waals surface area contributed by atoms with Gasteiger partial charge in [0.15, 0.2) is 5.13 Å². The van der Waals surface area contributed by atoms with Crippen molar-refractivity contribution in [2.24, 2.45) is 22.7 Å². The zero-order valence-corrected chi connectivity index (χ0v) is 24.7. The molecule has 0 spiro atoms. The molecule has 1 aromatic heterocycles. The lowest BCUT2D eigenvalue weighted by atomic mass is 9.47. The predicted molar refractivity (Wildman–Crippen MR) is 155 cm³/mol. The third kappa shape index (κ3) is 5.52. The van der Waals surface area contributed by atoms with E-state index in [0.717, 1.165) is 54.0 Å². The van der Waals surface area contributed by atoms with E-state index in [4.69, 9.17) is 9.72 Å². The fourth-order valence-corrected chi connectivity index (χ4v) is 8.54. The highest BCUT2D eigenvalue weighted by Gasteiger charge is 2.59. The molecule has 218 valence electrons. The molecule has 0 radical (unpaired) electrons. The van der Waals surface area contributed by atoms with Crippen molar-refractivity contribution in [2.45, 2.75) is 90.2 Å². The van der Waals surface area contributed by atoms with E-state index in [1.807, 2.05) is 31.2 Å². The summed E-state index contributed by atoms with van der Waals surface area (Å²) in [6, 6.07) is 7.63. The molecule has 4 N–H and O–H groups in total. The molecule has 2 fully saturated rings. The van der Waals surface area contributed by atoms with Gasteiger partial charge < -0.3 is 25.6 Å². The Labute approximate surface area is 240 Å². The minimum atomic E-state index is -0.683. The second kappa shape index (κ2) is 11.8. The van der Waals surface area contributed by atoms with E-state index in [0.29, 0.717) is 24.5 Å². The van der Waals surface area contributed by atoms with Crippen molar-refractivity contribution in [3.8, 4) is 5.75 Å². The molecule has 9 heteroatoms. The summed E-state index contributed by atoms with van der Waals surface area (Å²) in [7, 11) is 1.63. The van der Waals surface area contributed by atoms with Gasteiger partial charge in [-0.3, -0.25) is 9.59 Å². The second-order valence-electron chi connectivity index (χ2n) is 12.5. The molecule has 1 aromatic carbocycles. The van der Waals surface area contributed by atoms with Gasteiger partial charge in [0.1, 0.15) is 5.75 Å². The Morgan fingerprint density at radius 1 is 1.12 bits per heavy atom. The normalized spacial score (nSPS) is 30.2. The molecular formula is C31H43N3O5S. The number of aliphatic hydroxyl groups is 2. The summed E-state index contributed by atoms with van der Waals surface area (Å²) < 4.78 is 5.23. The smallest absolute Gasteiger partial charge is 0.229 e. The van der Waals surface area contributed by atoms with Crippen LogP contribution in [0.1, 0.15) is 87.3 Å². The number of carbonyl (C=O) groups excluding carboxylic acids is 2. The van der Waals surface area contributed by atoms with Crippen molar-refractivity contribution in [3.05, 3.63) is 40.4 Å². The lowest BCUT2D eigenvalue weighted by molar-refractivity contribution is -0.144. The predicted octanol–water partition coefficient (Wildman–Crippen LogP) is 4.79. The average molecular weight is 570 g/mol. The van der Waals surface area contributed by atoms with E-state index in [2.05, 4.69) is 17.6 Å². The Hall–Kier alpha value is -2.49. The summed E-state index contributed by atoms with van der Waals surface area (Å²) in [5.41, 5.74) is 0.856. The maximum atomic E-state index is 13.4. The molecule has 3 aliphatic rings. The minimum absolute atomic E-state index is 0.0250. The molecular weight excluding hydrogens is 526 g/mol. The van der Waals surface area contributed by atoms with Crippen molar-refractivity contribution < 1.29 is 24.5 Å². The van der Waals surface area contributed by atoms with Gasteiger partial charge in [-0.1, -0.05) is 45.2 Å². The Kier molecular flexibility index (Phi) is 8.55. The number of amides is 2. The number of thiazole rings is 1. The summed E-state index contributed by atoms with van der Waals surface area (Å²) in [4.78, 5) is 32.4. The average Bonchev–Trinajstić information content (AvgIpc) is 3.37. The summed E-state index contributed by atoms with van der Waals surface area (Å²) in [6.45, 7) is 4.46. The zero-order valence-electron chi connectivity index (χ0n) is 23.9. The Morgan fingerprint density at radius 3 is 2.52 bits per heavy atom. The number of benzene rings is 1. The number of carbonyl (C=O) groups is 2. The molecule has 8 nitrogen and oxygen atoms in total. The molecule has 2 amide bonds. The molecule has 0 saturated heterocycles. The van der Waals surface area contributed by atoms with Crippen LogP contribution in [0.15, 0.2) is 24.3 Å². The van der Waals surface area contributed by atoms with Crippen LogP contribution in [0.3, 0.4) is 0 Å². The first-order valence-corrected chi connectivity index (χ1v) is 15.5. The van der Waals surface area contributed by atoms with Crippen LogP contribution >= 0.6 is 11.3 Å². The largest absolute Gasteiger partial charge is 0.497 e. The molecule has 0 aliphatic heterocycles. The zero-order chi connectivity index (χ0) is 28.5. The van der Waals surface area contributed by atoms with Crippen LogP contribution in [-0.2, 0) is 22.6 Å². The number of anilines is 1. The second-order valence-corrected chi connectivity index (χ2v) is 13.6. The quantitative estimate of drug-likeness (QED) is 0.363. The number of aromatic nitrogens is 1. The molecule has 5 unspecified atom stereocenters. The standard InChI is InChI=1S/C31H43N3O5S/c1-30-14-13-25(36)31(2,18-35)24(30)16-23-27(33-29(40-23)34-28(38)20-7-5-4-6-8-20)22(30)15-26(37)32-17-19-9-11-21(39-3)12-10-19/h9-12,20,22,24-25,35-36H,4-8,13-18H2,1-3H3,(H,32,37)(H,33,34,38). The van der Waals surface area contributed by atoms with Gasteiger partial charge in [-0.2, -0.15) is 0 Å². The van der Waals surface area contributed by atoms with Gasteiger partial charge in [0, 0.05) is 35.1 Å². The van der Waals surface area contributed by atoms with Crippen LogP contribution in [0.4, 0.5) is 5.13 Å². The maximum absolute atomic E-state index is 13.4. The van der Waals surface area contributed by atoms with E-state index in [1.54, 1.807) is 7.11 Å². The van der Waals surface area contributed by atoms with Crippen molar-refractivity contribution in [1.29, 1.82) is 0 Å². The molecule has 5 atom stereocenters.